The molecule has 0 unspecified atom stereocenters. The highest BCUT2D eigenvalue weighted by atomic mass is 15.3. The van der Waals surface area contributed by atoms with Crippen LogP contribution >= 0.6 is 0 Å². The molecule has 22 heavy (non-hydrogen) atoms. The van der Waals surface area contributed by atoms with Crippen LogP contribution in [0.1, 0.15) is 17.0 Å². The molecule has 0 atom stereocenters. The average molecular weight is 288 g/mol. The van der Waals surface area contributed by atoms with Gasteiger partial charge in [-0.05, 0) is 37.1 Å². The molecule has 4 heteroatoms. The van der Waals surface area contributed by atoms with Gasteiger partial charge in [0.05, 0.1) is 6.20 Å². The highest BCUT2D eigenvalue weighted by Gasteiger charge is 2.11. The summed E-state index contributed by atoms with van der Waals surface area (Å²) in [5.41, 5.74) is 10.5. The first-order valence-corrected chi connectivity index (χ1v) is 6.97. The van der Waals surface area contributed by atoms with Gasteiger partial charge in [0.1, 0.15) is 11.5 Å². The van der Waals surface area contributed by atoms with Crippen molar-refractivity contribution in [3.8, 4) is 23.0 Å². The first-order chi connectivity index (χ1) is 10.6. The summed E-state index contributed by atoms with van der Waals surface area (Å²) >= 11 is 0. The SMILES string of the molecule is Cc1c(-c2ccc(N)nc2C#Cc2ccccc2)cnn1C. The van der Waals surface area contributed by atoms with Crippen LogP contribution in [0.25, 0.3) is 11.1 Å². The molecule has 0 saturated heterocycles. The van der Waals surface area contributed by atoms with Crippen LogP contribution < -0.4 is 5.73 Å². The third-order valence-electron chi connectivity index (χ3n) is 3.54. The minimum absolute atomic E-state index is 0.461. The molecule has 4 nitrogen and oxygen atoms in total. The predicted molar refractivity (Wildman–Crippen MR) is 88.0 cm³/mol. The highest BCUT2D eigenvalue weighted by Crippen LogP contribution is 2.25. The molecule has 108 valence electrons. The van der Waals surface area contributed by atoms with E-state index in [1.54, 1.807) is 6.07 Å². The lowest BCUT2D eigenvalue weighted by atomic mass is 10.0. The molecule has 3 aromatic rings. The number of nitrogens with two attached hydrogens (primary N) is 1. The second-order valence-corrected chi connectivity index (χ2v) is 5.02. The molecule has 0 saturated carbocycles. The molecule has 2 heterocycles. The maximum absolute atomic E-state index is 5.82. The Hall–Kier alpha value is -3.06. The number of benzene rings is 1. The van der Waals surface area contributed by atoms with Gasteiger partial charge in [-0.15, -0.1) is 0 Å². The summed E-state index contributed by atoms with van der Waals surface area (Å²) in [6.45, 7) is 2.02. The van der Waals surface area contributed by atoms with Gasteiger partial charge in [-0.3, -0.25) is 4.68 Å². The second kappa shape index (κ2) is 5.74. The first kappa shape index (κ1) is 13.9. The van der Waals surface area contributed by atoms with E-state index in [2.05, 4.69) is 21.9 Å². The van der Waals surface area contributed by atoms with Crippen molar-refractivity contribution in [1.82, 2.24) is 14.8 Å². The van der Waals surface area contributed by atoms with Crippen molar-refractivity contribution in [2.24, 2.45) is 7.05 Å². The van der Waals surface area contributed by atoms with Crippen LogP contribution in [0.2, 0.25) is 0 Å². The van der Waals surface area contributed by atoms with E-state index in [0.29, 0.717) is 11.5 Å². The van der Waals surface area contributed by atoms with Crippen molar-refractivity contribution in [3.05, 3.63) is 65.6 Å². The van der Waals surface area contributed by atoms with Crippen LogP contribution in [0, 0.1) is 18.8 Å². The fourth-order valence-electron chi connectivity index (χ4n) is 2.20. The number of hydrogen-bond donors (Lipinski definition) is 1. The maximum Gasteiger partial charge on any atom is 0.124 e. The van der Waals surface area contributed by atoms with Crippen molar-refractivity contribution < 1.29 is 0 Å². The van der Waals surface area contributed by atoms with Crippen LogP contribution in [0.3, 0.4) is 0 Å². The van der Waals surface area contributed by atoms with E-state index in [0.717, 1.165) is 22.4 Å². The molecule has 3 rings (SSSR count). The van der Waals surface area contributed by atoms with Crippen LogP contribution in [0.4, 0.5) is 5.82 Å². The molecule has 2 aromatic heterocycles. The maximum atomic E-state index is 5.82. The fraction of sp³-hybridized carbons (Fsp3) is 0.111. The van der Waals surface area contributed by atoms with Crippen LogP contribution in [-0.4, -0.2) is 14.8 Å². The molecule has 0 fully saturated rings. The normalized spacial score (nSPS) is 10.1. The van der Waals surface area contributed by atoms with Gasteiger partial charge in [0.25, 0.3) is 0 Å². The van der Waals surface area contributed by atoms with E-state index in [9.17, 15) is 0 Å². The number of aromatic nitrogens is 3. The monoisotopic (exact) mass is 288 g/mol. The zero-order valence-corrected chi connectivity index (χ0v) is 12.5. The number of nitrogen functional groups attached to an aromatic ring is 1. The number of rotatable bonds is 1. The van der Waals surface area contributed by atoms with Crippen LogP contribution in [-0.2, 0) is 7.05 Å². The lowest BCUT2D eigenvalue weighted by molar-refractivity contribution is 0.740. The van der Waals surface area contributed by atoms with Crippen molar-refractivity contribution in [3.63, 3.8) is 0 Å². The molecule has 0 aliphatic heterocycles. The molecule has 0 amide bonds. The second-order valence-electron chi connectivity index (χ2n) is 5.02. The molecule has 0 radical (unpaired) electrons. The quantitative estimate of drug-likeness (QED) is 0.700. The van der Waals surface area contributed by atoms with E-state index in [-0.39, 0.29) is 0 Å². The molecule has 0 aliphatic carbocycles. The Morgan fingerprint density at radius 2 is 1.77 bits per heavy atom. The Bertz CT molecular complexity index is 867. The number of anilines is 1. The van der Waals surface area contributed by atoms with Crippen molar-refractivity contribution in [2.75, 3.05) is 5.73 Å². The minimum Gasteiger partial charge on any atom is -0.384 e. The molecule has 0 bridgehead atoms. The van der Waals surface area contributed by atoms with Gasteiger partial charge in [0.2, 0.25) is 0 Å². The van der Waals surface area contributed by atoms with Crippen molar-refractivity contribution in [2.45, 2.75) is 6.92 Å². The third kappa shape index (κ3) is 2.70. The van der Waals surface area contributed by atoms with E-state index >= 15 is 0 Å². The summed E-state index contributed by atoms with van der Waals surface area (Å²) in [5, 5.41) is 4.28. The Morgan fingerprint density at radius 3 is 2.45 bits per heavy atom. The van der Waals surface area contributed by atoms with Gasteiger partial charge in [-0.1, -0.05) is 24.1 Å². The fourth-order valence-corrected chi connectivity index (χ4v) is 2.20. The molecular weight excluding hydrogens is 272 g/mol. The standard InChI is InChI=1S/C18H16N4/c1-13-16(12-20-22(13)2)15-9-11-18(19)21-17(15)10-8-14-6-4-3-5-7-14/h3-7,9,11-12H,1-2H3,(H2,19,21). The summed E-state index contributed by atoms with van der Waals surface area (Å²) in [4.78, 5) is 4.38. The van der Waals surface area contributed by atoms with Gasteiger partial charge in [0, 0.05) is 29.4 Å². The summed E-state index contributed by atoms with van der Waals surface area (Å²) < 4.78 is 1.83. The van der Waals surface area contributed by atoms with Crippen molar-refractivity contribution in [1.29, 1.82) is 0 Å². The zero-order chi connectivity index (χ0) is 15.5. The van der Waals surface area contributed by atoms with Gasteiger partial charge in [-0.2, -0.15) is 5.10 Å². The molecular formula is C18H16N4. The first-order valence-electron chi connectivity index (χ1n) is 6.97. The zero-order valence-electron chi connectivity index (χ0n) is 12.5. The van der Waals surface area contributed by atoms with Crippen molar-refractivity contribution >= 4 is 5.82 Å². The van der Waals surface area contributed by atoms with Gasteiger partial charge < -0.3 is 5.73 Å². The topological polar surface area (TPSA) is 56.7 Å². The predicted octanol–water partition coefficient (Wildman–Crippen LogP) is 2.77. The molecule has 0 spiro atoms. The van der Waals surface area contributed by atoms with Gasteiger partial charge >= 0.3 is 0 Å². The Kier molecular flexibility index (Phi) is 3.63. The Balaban J connectivity index is 2.10. The van der Waals surface area contributed by atoms with E-state index in [1.807, 2.05) is 61.2 Å². The molecule has 2 N–H and O–H groups in total. The van der Waals surface area contributed by atoms with E-state index in [4.69, 9.17) is 5.73 Å². The van der Waals surface area contributed by atoms with E-state index < -0.39 is 0 Å². The number of nitrogens with zero attached hydrogens (tertiary/aromatic N) is 3. The number of pyridine rings is 1. The summed E-state index contributed by atoms with van der Waals surface area (Å²) in [5.74, 6) is 6.72. The molecule has 1 aromatic carbocycles. The number of aryl methyl sites for hydroxylation is 1. The minimum atomic E-state index is 0.461. The van der Waals surface area contributed by atoms with Gasteiger partial charge in [-0.25, -0.2) is 4.98 Å². The highest BCUT2D eigenvalue weighted by molar-refractivity contribution is 5.72. The van der Waals surface area contributed by atoms with E-state index in [1.165, 1.54) is 0 Å². The summed E-state index contributed by atoms with van der Waals surface area (Å²) in [6.07, 6.45) is 1.83. The number of hydrogen-bond acceptors (Lipinski definition) is 3. The van der Waals surface area contributed by atoms with Crippen LogP contribution in [0.15, 0.2) is 48.7 Å². The lowest BCUT2D eigenvalue weighted by Crippen LogP contribution is -1.97. The average Bonchev–Trinajstić information content (AvgIpc) is 2.86. The summed E-state index contributed by atoms with van der Waals surface area (Å²) in [6, 6.07) is 13.6. The smallest absolute Gasteiger partial charge is 0.124 e. The Morgan fingerprint density at radius 1 is 1.00 bits per heavy atom. The Labute approximate surface area is 129 Å². The lowest BCUT2D eigenvalue weighted by Gasteiger charge is -2.04. The summed E-state index contributed by atoms with van der Waals surface area (Å²) in [7, 11) is 1.92. The van der Waals surface area contributed by atoms with Crippen LogP contribution in [0.5, 0.6) is 0 Å². The van der Waals surface area contributed by atoms with Gasteiger partial charge in [0.15, 0.2) is 0 Å². The largest absolute Gasteiger partial charge is 0.384 e. The third-order valence-corrected chi connectivity index (χ3v) is 3.54. The molecule has 0 aliphatic rings.